The fourth-order valence-corrected chi connectivity index (χ4v) is 2.57. The lowest BCUT2D eigenvalue weighted by Gasteiger charge is -2.06. The number of thiazole rings is 1. The molecule has 19 heavy (non-hydrogen) atoms. The van der Waals surface area contributed by atoms with Crippen molar-refractivity contribution in [3.05, 3.63) is 18.2 Å². The number of anilines is 1. The van der Waals surface area contributed by atoms with Crippen LogP contribution in [0.4, 0.5) is 5.13 Å². The van der Waals surface area contributed by atoms with Gasteiger partial charge in [-0.1, -0.05) is 18.3 Å². The molecule has 0 aliphatic heterocycles. The van der Waals surface area contributed by atoms with Gasteiger partial charge in [-0.25, -0.2) is 4.98 Å². The van der Waals surface area contributed by atoms with E-state index in [1.165, 1.54) is 11.3 Å². The predicted molar refractivity (Wildman–Crippen MR) is 77.6 cm³/mol. The van der Waals surface area contributed by atoms with E-state index in [1.807, 2.05) is 25.1 Å². The van der Waals surface area contributed by atoms with E-state index in [0.717, 1.165) is 16.0 Å². The molecular weight excluding hydrogens is 262 g/mol. The zero-order valence-corrected chi connectivity index (χ0v) is 11.8. The second-order valence-corrected chi connectivity index (χ2v) is 5.48. The maximum atomic E-state index is 11.8. The zero-order valence-electron chi connectivity index (χ0n) is 11.0. The molecule has 102 valence electrons. The van der Waals surface area contributed by atoms with Crippen LogP contribution < -0.4 is 15.8 Å². The standard InChI is InChI=1S/C13H17N3O2S/c1-8(7-14)5-12(17)16-13-15-10-4-3-9(18-2)6-11(10)19-13/h3-4,6,8H,5,7,14H2,1-2H3,(H,15,16,17). The first kappa shape index (κ1) is 13.8. The quantitative estimate of drug-likeness (QED) is 0.880. The van der Waals surface area contributed by atoms with Crippen LogP contribution in [0.15, 0.2) is 18.2 Å². The maximum Gasteiger partial charge on any atom is 0.226 e. The summed E-state index contributed by atoms with van der Waals surface area (Å²) in [6.07, 6.45) is 0.412. The van der Waals surface area contributed by atoms with Crippen LogP contribution >= 0.6 is 11.3 Å². The molecule has 1 aromatic heterocycles. The third-order valence-corrected chi connectivity index (χ3v) is 3.71. The molecule has 0 saturated carbocycles. The highest BCUT2D eigenvalue weighted by Gasteiger charge is 2.11. The summed E-state index contributed by atoms with van der Waals surface area (Å²) >= 11 is 1.44. The van der Waals surface area contributed by atoms with Gasteiger partial charge in [0.2, 0.25) is 5.91 Å². The molecule has 3 N–H and O–H groups in total. The summed E-state index contributed by atoms with van der Waals surface area (Å²) in [6.45, 7) is 2.45. The van der Waals surface area contributed by atoms with Crippen LogP contribution in [0.2, 0.25) is 0 Å². The second-order valence-electron chi connectivity index (χ2n) is 4.45. The predicted octanol–water partition coefficient (Wildman–Crippen LogP) is 2.23. The Balaban J connectivity index is 2.11. The number of nitrogens with one attached hydrogen (secondary N) is 1. The molecule has 0 spiro atoms. The summed E-state index contributed by atoms with van der Waals surface area (Å²) in [6, 6.07) is 5.64. The van der Waals surface area contributed by atoms with Gasteiger partial charge in [-0.15, -0.1) is 0 Å². The summed E-state index contributed by atoms with van der Waals surface area (Å²) < 4.78 is 6.14. The van der Waals surface area contributed by atoms with Crippen LogP contribution in [0.3, 0.4) is 0 Å². The minimum absolute atomic E-state index is 0.0519. The van der Waals surface area contributed by atoms with Crippen LogP contribution in [-0.2, 0) is 4.79 Å². The fourth-order valence-electron chi connectivity index (χ4n) is 1.66. The van der Waals surface area contributed by atoms with Crippen molar-refractivity contribution in [1.29, 1.82) is 0 Å². The van der Waals surface area contributed by atoms with Gasteiger partial charge < -0.3 is 15.8 Å². The largest absolute Gasteiger partial charge is 0.497 e. The molecule has 0 saturated heterocycles. The lowest BCUT2D eigenvalue weighted by Crippen LogP contribution is -2.19. The van der Waals surface area contributed by atoms with Crippen molar-refractivity contribution in [3.8, 4) is 5.75 Å². The van der Waals surface area contributed by atoms with Gasteiger partial charge in [0.15, 0.2) is 5.13 Å². The van der Waals surface area contributed by atoms with Crippen LogP contribution in [-0.4, -0.2) is 24.5 Å². The molecule has 0 fully saturated rings. The average molecular weight is 279 g/mol. The van der Waals surface area contributed by atoms with Gasteiger partial charge in [0, 0.05) is 6.42 Å². The highest BCUT2D eigenvalue weighted by molar-refractivity contribution is 7.22. The Kier molecular flexibility index (Phi) is 4.34. The van der Waals surface area contributed by atoms with E-state index in [4.69, 9.17) is 10.5 Å². The summed E-state index contributed by atoms with van der Waals surface area (Å²) in [7, 11) is 1.62. The Morgan fingerprint density at radius 3 is 3.05 bits per heavy atom. The van der Waals surface area contributed by atoms with Crippen LogP contribution in [0.5, 0.6) is 5.75 Å². The number of nitrogens with two attached hydrogens (primary N) is 1. The van der Waals surface area contributed by atoms with E-state index in [1.54, 1.807) is 7.11 Å². The van der Waals surface area contributed by atoms with E-state index < -0.39 is 0 Å². The first-order valence-electron chi connectivity index (χ1n) is 6.07. The maximum absolute atomic E-state index is 11.8. The smallest absolute Gasteiger partial charge is 0.226 e. The summed E-state index contributed by atoms with van der Waals surface area (Å²) in [4.78, 5) is 16.1. The van der Waals surface area contributed by atoms with Crippen LogP contribution in [0.25, 0.3) is 10.2 Å². The lowest BCUT2D eigenvalue weighted by atomic mass is 10.1. The normalized spacial score (nSPS) is 12.4. The number of hydrogen-bond acceptors (Lipinski definition) is 5. The van der Waals surface area contributed by atoms with Gasteiger partial charge in [0.1, 0.15) is 5.75 Å². The molecule has 6 heteroatoms. The van der Waals surface area contributed by atoms with E-state index >= 15 is 0 Å². The fraction of sp³-hybridized carbons (Fsp3) is 0.385. The number of rotatable bonds is 5. The number of amides is 1. The van der Waals surface area contributed by atoms with Crippen molar-refractivity contribution in [1.82, 2.24) is 4.98 Å². The average Bonchev–Trinajstić information content (AvgIpc) is 2.78. The molecule has 1 atom stereocenters. The Bertz CT molecular complexity index is 582. The van der Waals surface area contributed by atoms with Crippen molar-refractivity contribution < 1.29 is 9.53 Å². The number of benzene rings is 1. The Morgan fingerprint density at radius 1 is 1.58 bits per heavy atom. The first-order chi connectivity index (χ1) is 9.12. The van der Waals surface area contributed by atoms with Gasteiger partial charge >= 0.3 is 0 Å². The van der Waals surface area contributed by atoms with Crippen molar-refractivity contribution in [3.63, 3.8) is 0 Å². The molecule has 1 aromatic carbocycles. The molecule has 0 bridgehead atoms. The number of carbonyl (C=O) groups excluding carboxylic acids is 1. The van der Waals surface area contributed by atoms with E-state index in [9.17, 15) is 4.79 Å². The Hall–Kier alpha value is -1.66. The molecule has 2 rings (SSSR count). The van der Waals surface area contributed by atoms with Gasteiger partial charge in [-0.05, 0) is 30.7 Å². The van der Waals surface area contributed by atoms with Crippen molar-refractivity contribution in [2.45, 2.75) is 13.3 Å². The number of ether oxygens (including phenoxy) is 1. The summed E-state index contributed by atoms with van der Waals surface area (Å²) in [5.41, 5.74) is 6.35. The third kappa shape index (κ3) is 3.42. The van der Waals surface area contributed by atoms with Gasteiger partial charge in [0.05, 0.1) is 17.3 Å². The van der Waals surface area contributed by atoms with Gasteiger partial charge in [0.25, 0.3) is 0 Å². The Labute approximate surface area is 115 Å². The highest BCUT2D eigenvalue weighted by atomic mass is 32.1. The minimum Gasteiger partial charge on any atom is -0.497 e. The lowest BCUT2D eigenvalue weighted by molar-refractivity contribution is -0.116. The number of fused-ring (bicyclic) bond motifs is 1. The Morgan fingerprint density at radius 2 is 2.37 bits per heavy atom. The van der Waals surface area contributed by atoms with Crippen LogP contribution in [0, 0.1) is 5.92 Å². The molecule has 1 unspecified atom stereocenters. The molecule has 1 heterocycles. The van der Waals surface area contributed by atoms with E-state index in [-0.39, 0.29) is 11.8 Å². The van der Waals surface area contributed by atoms with Gasteiger partial charge in [-0.3, -0.25) is 4.79 Å². The number of aromatic nitrogens is 1. The topological polar surface area (TPSA) is 77.2 Å². The van der Waals surface area contributed by atoms with Crippen molar-refractivity contribution in [2.75, 3.05) is 19.0 Å². The zero-order chi connectivity index (χ0) is 13.8. The summed E-state index contributed by atoms with van der Waals surface area (Å²) in [5.74, 6) is 0.907. The molecule has 2 aromatic rings. The third-order valence-electron chi connectivity index (χ3n) is 2.78. The molecule has 0 aliphatic carbocycles. The first-order valence-corrected chi connectivity index (χ1v) is 6.88. The minimum atomic E-state index is -0.0519. The SMILES string of the molecule is COc1ccc2nc(NC(=O)CC(C)CN)sc2c1. The number of nitrogens with zero attached hydrogens (tertiary/aromatic N) is 1. The van der Waals surface area contributed by atoms with E-state index in [2.05, 4.69) is 10.3 Å². The second kappa shape index (κ2) is 5.99. The summed E-state index contributed by atoms with van der Waals surface area (Å²) in [5, 5.41) is 3.41. The monoisotopic (exact) mass is 279 g/mol. The molecule has 1 amide bonds. The molecular formula is C13H17N3O2S. The molecule has 0 radical (unpaired) electrons. The highest BCUT2D eigenvalue weighted by Crippen LogP contribution is 2.29. The molecule has 5 nitrogen and oxygen atoms in total. The van der Waals surface area contributed by atoms with Crippen molar-refractivity contribution in [2.24, 2.45) is 11.7 Å². The number of carbonyl (C=O) groups is 1. The van der Waals surface area contributed by atoms with E-state index in [0.29, 0.717) is 18.1 Å². The van der Waals surface area contributed by atoms with Gasteiger partial charge in [-0.2, -0.15) is 0 Å². The number of hydrogen-bond donors (Lipinski definition) is 2. The van der Waals surface area contributed by atoms with Crippen LogP contribution in [0.1, 0.15) is 13.3 Å². The van der Waals surface area contributed by atoms with Crippen molar-refractivity contribution >= 4 is 32.6 Å². The number of methoxy groups -OCH3 is 1. The molecule has 0 aliphatic rings.